The van der Waals surface area contributed by atoms with Crippen LogP contribution in [-0.4, -0.2) is 43.4 Å². The highest BCUT2D eigenvalue weighted by Crippen LogP contribution is 2.43. The van der Waals surface area contributed by atoms with Gasteiger partial charge in [0.05, 0.1) is 43.4 Å². The molecule has 1 fully saturated rings. The van der Waals surface area contributed by atoms with Crippen molar-refractivity contribution in [3.63, 3.8) is 0 Å². The van der Waals surface area contributed by atoms with Crippen molar-refractivity contribution in [2.75, 3.05) is 36.8 Å². The molecule has 0 saturated carbocycles. The highest BCUT2D eigenvalue weighted by molar-refractivity contribution is 5.85. The molecule has 1 unspecified atom stereocenters. The van der Waals surface area contributed by atoms with Crippen LogP contribution in [0.2, 0.25) is 0 Å². The summed E-state index contributed by atoms with van der Waals surface area (Å²) in [5.74, 6) is 0.987. The molecule has 0 bridgehead atoms. The maximum Gasteiger partial charge on any atom is 0.142 e. The lowest BCUT2D eigenvalue weighted by atomic mass is 9.88. The Morgan fingerprint density at radius 2 is 1.86 bits per heavy atom. The van der Waals surface area contributed by atoms with E-state index in [4.69, 9.17) is 15.9 Å². The van der Waals surface area contributed by atoms with Crippen LogP contribution in [0.25, 0.3) is 6.08 Å². The summed E-state index contributed by atoms with van der Waals surface area (Å²) < 4.78 is 5.81. The molecule has 44 heavy (non-hydrogen) atoms. The van der Waals surface area contributed by atoms with Crippen molar-refractivity contribution in [3.05, 3.63) is 106 Å². The Morgan fingerprint density at radius 3 is 2.52 bits per heavy atom. The van der Waals surface area contributed by atoms with Crippen LogP contribution in [-0.2, 0) is 4.79 Å². The van der Waals surface area contributed by atoms with Gasteiger partial charge < -0.3 is 20.8 Å². The van der Waals surface area contributed by atoms with E-state index in [0.717, 1.165) is 54.1 Å². The lowest BCUT2D eigenvalue weighted by Gasteiger charge is -2.49. The van der Waals surface area contributed by atoms with Gasteiger partial charge in [-0.15, -0.1) is 0 Å². The first-order valence-corrected chi connectivity index (χ1v) is 15.6. The van der Waals surface area contributed by atoms with Crippen molar-refractivity contribution >= 4 is 28.9 Å². The van der Waals surface area contributed by atoms with Crippen LogP contribution in [0.15, 0.2) is 89.6 Å². The number of allylic oxidation sites excluding steroid dienone is 2. The molecule has 230 valence electrons. The van der Waals surface area contributed by atoms with Gasteiger partial charge in [-0.2, -0.15) is 0 Å². The maximum atomic E-state index is 13.7. The molecule has 2 aliphatic rings. The molecule has 3 aromatic rings. The summed E-state index contributed by atoms with van der Waals surface area (Å²) in [4.78, 5) is 15.6. The Bertz CT molecular complexity index is 1540. The van der Waals surface area contributed by atoms with E-state index in [2.05, 4.69) is 84.5 Å². The van der Waals surface area contributed by atoms with Crippen LogP contribution in [0.3, 0.4) is 0 Å². The number of piperidine rings is 1. The topological polar surface area (TPSA) is 85.9 Å². The molecular formula is C37H45N5O2. The number of hydrogen-bond acceptors (Lipinski definition) is 7. The van der Waals surface area contributed by atoms with Crippen LogP contribution < -0.4 is 20.4 Å². The lowest BCUT2D eigenvalue weighted by molar-refractivity contribution is -0.119. The second-order valence-corrected chi connectivity index (χ2v) is 11.8. The number of hydrogen-bond donors (Lipinski definition) is 2. The molecule has 0 radical (unpaired) electrons. The molecule has 2 heterocycles. The number of anilines is 2. The number of hydrazine groups is 1. The number of nitrogens with zero attached hydrogens (tertiary/aromatic N) is 3. The number of fused-ring (bicyclic) bond motifs is 1. The van der Waals surface area contributed by atoms with E-state index in [1.165, 1.54) is 22.4 Å². The number of carbonyl (C=O) groups is 1. The minimum atomic E-state index is -0.113. The third kappa shape index (κ3) is 6.73. The average molecular weight is 592 g/mol. The van der Waals surface area contributed by atoms with E-state index in [0.29, 0.717) is 31.8 Å². The van der Waals surface area contributed by atoms with Crippen molar-refractivity contribution in [2.45, 2.75) is 58.9 Å². The van der Waals surface area contributed by atoms with Gasteiger partial charge >= 0.3 is 0 Å². The smallest absolute Gasteiger partial charge is 0.142 e. The fourth-order valence-corrected chi connectivity index (χ4v) is 6.47. The van der Waals surface area contributed by atoms with E-state index < -0.39 is 0 Å². The van der Waals surface area contributed by atoms with Crippen LogP contribution in [0.5, 0.6) is 5.75 Å². The molecule has 0 aromatic heterocycles. The third-order valence-electron chi connectivity index (χ3n) is 8.54. The summed E-state index contributed by atoms with van der Waals surface area (Å²) >= 11 is 0. The van der Waals surface area contributed by atoms with Gasteiger partial charge in [-0.05, 0) is 85.7 Å². The molecule has 7 heteroatoms. The Balaban J connectivity index is 1.64. The Hall–Kier alpha value is -4.36. The van der Waals surface area contributed by atoms with E-state index in [-0.39, 0.29) is 11.8 Å². The summed E-state index contributed by atoms with van der Waals surface area (Å²) in [5, 5.41) is 12.8. The molecule has 0 aliphatic carbocycles. The van der Waals surface area contributed by atoms with Gasteiger partial charge in [0.2, 0.25) is 0 Å². The number of nitrogens with one attached hydrogen (secondary N) is 1. The predicted octanol–water partition coefficient (Wildman–Crippen LogP) is 7.43. The SMILES string of the molecule is CCC1=C2C(=Cc3ccc(N(CN)CC(C)=N)c(OC)c3)CCCN2N(c2ccc(C)cc2)C(c2ccccc2)CC(=O)C1. The van der Waals surface area contributed by atoms with E-state index >= 15 is 0 Å². The molecular weight excluding hydrogens is 546 g/mol. The number of aryl methyl sites for hydroxylation is 1. The third-order valence-corrected chi connectivity index (χ3v) is 8.54. The predicted molar refractivity (Wildman–Crippen MR) is 181 cm³/mol. The first-order valence-electron chi connectivity index (χ1n) is 15.6. The first kappa shape index (κ1) is 31.1. The molecule has 1 saturated heterocycles. The molecule has 2 aliphatic heterocycles. The van der Waals surface area contributed by atoms with Crippen molar-refractivity contribution in [3.8, 4) is 5.75 Å². The molecule has 5 rings (SSSR count). The molecule has 0 spiro atoms. The van der Waals surface area contributed by atoms with Gasteiger partial charge in [-0.1, -0.05) is 61.0 Å². The van der Waals surface area contributed by atoms with Gasteiger partial charge in [0, 0.05) is 25.1 Å². The Morgan fingerprint density at radius 1 is 1.11 bits per heavy atom. The largest absolute Gasteiger partial charge is 0.495 e. The number of methoxy groups -OCH3 is 1. The normalized spacial score (nSPS) is 18.2. The van der Waals surface area contributed by atoms with E-state index in [1.807, 2.05) is 23.1 Å². The Kier molecular flexibility index (Phi) is 9.85. The maximum absolute atomic E-state index is 13.7. The van der Waals surface area contributed by atoms with Crippen molar-refractivity contribution in [1.82, 2.24) is 5.01 Å². The average Bonchev–Trinajstić information content (AvgIpc) is 3.03. The molecule has 1 atom stereocenters. The summed E-state index contributed by atoms with van der Waals surface area (Å²) in [6.07, 6.45) is 5.90. The van der Waals surface area contributed by atoms with Crippen LogP contribution in [0, 0.1) is 12.3 Å². The zero-order valence-corrected chi connectivity index (χ0v) is 26.5. The summed E-state index contributed by atoms with van der Waals surface area (Å²) in [7, 11) is 1.67. The number of ketones is 1. The van der Waals surface area contributed by atoms with Gasteiger partial charge in [-0.25, -0.2) is 0 Å². The van der Waals surface area contributed by atoms with E-state index in [9.17, 15) is 4.79 Å². The number of carbonyl (C=O) groups excluding carboxylic acids is 1. The number of rotatable bonds is 9. The zero-order valence-electron chi connectivity index (χ0n) is 26.5. The van der Waals surface area contributed by atoms with Gasteiger partial charge in [0.1, 0.15) is 11.5 Å². The van der Waals surface area contributed by atoms with Crippen molar-refractivity contribution in [2.24, 2.45) is 5.73 Å². The quantitative estimate of drug-likeness (QED) is 0.199. The zero-order chi connectivity index (χ0) is 31.2. The first-order chi connectivity index (χ1) is 21.3. The molecule has 3 aromatic carbocycles. The van der Waals surface area contributed by atoms with Gasteiger partial charge in [0.15, 0.2) is 0 Å². The minimum Gasteiger partial charge on any atom is -0.495 e. The van der Waals surface area contributed by atoms with Crippen LogP contribution >= 0.6 is 0 Å². The molecule has 7 nitrogen and oxygen atoms in total. The summed E-state index contributed by atoms with van der Waals surface area (Å²) in [6, 6.07) is 25.2. The summed E-state index contributed by atoms with van der Waals surface area (Å²) in [6.45, 7) is 7.66. The molecule has 0 amide bonds. The highest BCUT2D eigenvalue weighted by atomic mass is 16.5. The fraction of sp³-hybridized carbons (Fsp3) is 0.351. The summed E-state index contributed by atoms with van der Waals surface area (Å²) in [5.41, 5.74) is 15.5. The number of Topliss-reactive ketones (excluding diaryl/α,β-unsaturated/α-hetero) is 1. The number of ether oxygens (including phenoxy) is 1. The van der Waals surface area contributed by atoms with Gasteiger partial charge in [-0.3, -0.25) is 14.8 Å². The van der Waals surface area contributed by atoms with Crippen molar-refractivity contribution in [1.29, 1.82) is 5.41 Å². The minimum absolute atomic E-state index is 0.113. The van der Waals surface area contributed by atoms with E-state index in [1.54, 1.807) is 14.0 Å². The lowest BCUT2D eigenvalue weighted by Crippen LogP contribution is -2.49. The van der Waals surface area contributed by atoms with Crippen LogP contribution in [0.1, 0.15) is 68.7 Å². The van der Waals surface area contributed by atoms with Gasteiger partial charge in [0.25, 0.3) is 0 Å². The Labute approximate surface area is 262 Å². The molecule has 3 N–H and O–H groups in total. The fourth-order valence-electron chi connectivity index (χ4n) is 6.47. The number of nitrogens with two attached hydrogens (primary N) is 1. The second-order valence-electron chi connectivity index (χ2n) is 11.8. The van der Waals surface area contributed by atoms with Crippen LogP contribution in [0.4, 0.5) is 11.4 Å². The van der Waals surface area contributed by atoms with Crippen molar-refractivity contribution < 1.29 is 9.53 Å². The number of benzene rings is 3. The monoisotopic (exact) mass is 591 g/mol. The second kappa shape index (κ2) is 14.0. The highest BCUT2D eigenvalue weighted by Gasteiger charge is 2.36. The standard InChI is InChI=1S/C37H45N5O2/c1-5-29-22-33(43)23-35(30-10-7-6-8-11-30)42(32-16-13-26(2)14-17-32)41-19-9-12-31(37(29)41)20-28-15-18-34(36(21-28)44-4)40(25-38)24-27(3)39/h6-8,10-11,13-18,20-21,35,39H,5,9,12,19,22-25,38H2,1-4H3.